The zero-order valence-corrected chi connectivity index (χ0v) is 11.8. The fraction of sp³-hybridized carbons (Fsp3) is 0.188. The Balaban J connectivity index is 1.59. The van der Waals surface area contributed by atoms with Crippen LogP contribution in [0.3, 0.4) is 0 Å². The van der Waals surface area contributed by atoms with Crippen LogP contribution in [0, 0.1) is 0 Å². The second kappa shape index (κ2) is 5.14. The lowest BCUT2D eigenvalue weighted by atomic mass is 10.1. The number of benzene rings is 1. The van der Waals surface area contributed by atoms with E-state index in [2.05, 4.69) is 15.5 Å². The highest BCUT2D eigenvalue weighted by molar-refractivity contribution is 6.10. The van der Waals surface area contributed by atoms with Crippen LogP contribution in [0.1, 0.15) is 5.69 Å². The third-order valence-electron chi connectivity index (χ3n) is 3.72. The SMILES string of the molecule is O=C1NC2=NCCN2C/C1=C/c1cc(-c2ccccc2)on1. The van der Waals surface area contributed by atoms with E-state index >= 15 is 0 Å². The molecule has 1 amide bonds. The number of hydrogen-bond acceptors (Lipinski definition) is 5. The molecule has 4 rings (SSSR count). The summed E-state index contributed by atoms with van der Waals surface area (Å²) in [6.07, 6.45) is 1.76. The van der Waals surface area contributed by atoms with Crippen LogP contribution in [0.2, 0.25) is 0 Å². The fourth-order valence-corrected chi connectivity index (χ4v) is 2.60. The van der Waals surface area contributed by atoms with Gasteiger partial charge in [0.15, 0.2) is 5.76 Å². The summed E-state index contributed by atoms with van der Waals surface area (Å²) in [5, 5.41) is 6.82. The first-order valence-corrected chi connectivity index (χ1v) is 7.13. The van der Waals surface area contributed by atoms with E-state index in [1.165, 1.54) is 0 Å². The van der Waals surface area contributed by atoms with E-state index < -0.39 is 0 Å². The minimum atomic E-state index is -0.124. The molecule has 2 aliphatic heterocycles. The Morgan fingerprint density at radius 3 is 3.00 bits per heavy atom. The monoisotopic (exact) mass is 294 g/mol. The van der Waals surface area contributed by atoms with Crippen molar-refractivity contribution >= 4 is 17.9 Å². The van der Waals surface area contributed by atoms with Crippen LogP contribution in [0.4, 0.5) is 0 Å². The highest BCUT2D eigenvalue weighted by Gasteiger charge is 2.28. The number of aromatic nitrogens is 1. The minimum absolute atomic E-state index is 0.124. The summed E-state index contributed by atoms with van der Waals surface area (Å²) >= 11 is 0. The first-order chi connectivity index (χ1) is 10.8. The highest BCUT2D eigenvalue weighted by Crippen LogP contribution is 2.21. The van der Waals surface area contributed by atoms with Gasteiger partial charge < -0.3 is 9.42 Å². The number of fused-ring (bicyclic) bond motifs is 1. The number of aliphatic imine (C=N–C) groups is 1. The van der Waals surface area contributed by atoms with Gasteiger partial charge in [0, 0.05) is 23.7 Å². The first kappa shape index (κ1) is 12.8. The molecule has 1 fully saturated rings. The Bertz CT molecular complexity index is 776. The summed E-state index contributed by atoms with van der Waals surface area (Å²) in [6, 6.07) is 11.6. The summed E-state index contributed by atoms with van der Waals surface area (Å²) in [5.41, 5.74) is 2.26. The third-order valence-corrected chi connectivity index (χ3v) is 3.72. The van der Waals surface area contributed by atoms with Gasteiger partial charge in [0.25, 0.3) is 5.91 Å². The quantitative estimate of drug-likeness (QED) is 0.853. The molecule has 0 radical (unpaired) electrons. The molecule has 1 aromatic carbocycles. The van der Waals surface area contributed by atoms with Gasteiger partial charge in [0.2, 0.25) is 5.96 Å². The number of amides is 1. The fourth-order valence-electron chi connectivity index (χ4n) is 2.60. The zero-order chi connectivity index (χ0) is 14.9. The van der Waals surface area contributed by atoms with Gasteiger partial charge in [-0.05, 0) is 6.08 Å². The molecule has 0 bridgehead atoms. The summed E-state index contributed by atoms with van der Waals surface area (Å²) < 4.78 is 5.35. The molecule has 6 nitrogen and oxygen atoms in total. The van der Waals surface area contributed by atoms with Crippen LogP contribution in [0.5, 0.6) is 0 Å². The predicted molar refractivity (Wildman–Crippen MR) is 81.9 cm³/mol. The molecule has 0 saturated carbocycles. The molecular weight excluding hydrogens is 280 g/mol. The standard InChI is InChI=1S/C16H14N4O2/c21-15-12(10-20-7-6-17-16(20)18-15)8-13-9-14(22-19-13)11-4-2-1-3-5-11/h1-5,8-9H,6-7,10H2,(H,17,18,21)/b12-8-. The molecule has 1 aromatic heterocycles. The number of guanidine groups is 1. The molecular formula is C16H14N4O2. The molecule has 2 aromatic rings. The van der Waals surface area contributed by atoms with E-state index in [1.807, 2.05) is 41.3 Å². The lowest BCUT2D eigenvalue weighted by Crippen LogP contribution is -2.49. The van der Waals surface area contributed by atoms with Crippen molar-refractivity contribution in [2.75, 3.05) is 19.6 Å². The Morgan fingerprint density at radius 1 is 1.27 bits per heavy atom. The van der Waals surface area contributed by atoms with Crippen LogP contribution in [0.25, 0.3) is 17.4 Å². The van der Waals surface area contributed by atoms with Crippen molar-refractivity contribution in [1.82, 2.24) is 15.4 Å². The molecule has 2 aliphatic rings. The largest absolute Gasteiger partial charge is 0.356 e. The third kappa shape index (κ3) is 2.28. The highest BCUT2D eigenvalue weighted by atomic mass is 16.5. The number of nitrogens with zero attached hydrogens (tertiary/aromatic N) is 3. The van der Waals surface area contributed by atoms with Gasteiger partial charge in [-0.1, -0.05) is 35.5 Å². The van der Waals surface area contributed by atoms with Gasteiger partial charge in [-0.25, -0.2) is 0 Å². The van der Waals surface area contributed by atoms with Gasteiger partial charge >= 0.3 is 0 Å². The molecule has 0 spiro atoms. The van der Waals surface area contributed by atoms with Crippen molar-refractivity contribution in [2.45, 2.75) is 0 Å². The van der Waals surface area contributed by atoms with E-state index in [0.717, 1.165) is 18.7 Å². The Morgan fingerprint density at radius 2 is 2.14 bits per heavy atom. The summed E-state index contributed by atoms with van der Waals surface area (Å²) in [5.74, 6) is 1.24. The Labute approximate surface area is 127 Å². The number of rotatable bonds is 2. The number of nitrogens with one attached hydrogen (secondary N) is 1. The summed E-state index contributed by atoms with van der Waals surface area (Å²) in [6.45, 7) is 2.12. The topological polar surface area (TPSA) is 70.7 Å². The van der Waals surface area contributed by atoms with Gasteiger partial charge in [0.1, 0.15) is 5.69 Å². The molecule has 0 aliphatic carbocycles. The summed E-state index contributed by atoms with van der Waals surface area (Å²) in [7, 11) is 0. The lowest BCUT2D eigenvalue weighted by molar-refractivity contribution is -0.116. The van der Waals surface area contributed by atoms with E-state index in [4.69, 9.17) is 4.52 Å². The first-order valence-electron chi connectivity index (χ1n) is 7.13. The van der Waals surface area contributed by atoms with E-state index in [1.54, 1.807) is 6.08 Å². The molecule has 110 valence electrons. The normalized spacial score (nSPS) is 19.1. The smallest absolute Gasteiger partial charge is 0.255 e. The molecule has 1 saturated heterocycles. The van der Waals surface area contributed by atoms with Gasteiger partial charge in [-0.2, -0.15) is 0 Å². The van der Waals surface area contributed by atoms with E-state index in [-0.39, 0.29) is 5.91 Å². The maximum Gasteiger partial charge on any atom is 0.255 e. The maximum atomic E-state index is 12.1. The number of hydrogen-bond donors (Lipinski definition) is 1. The van der Waals surface area contributed by atoms with Gasteiger partial charge in [0.05, 0.1) is 13.1 Å². The molecule has 22 heavy (non-hydrogen) atoms. The van der Waals surface area contributed by atoms with Crippen LogP contribution in [0.15, 0.2) is 51.5 Å². The van der Waals surface area contributed by atoms with Gasteiger partial charge in [-0.3, -0.25) is 15.1 Å². The lowest BCUT2D eigenvalue weighted by Gasteiger charge is -2.26. The molecule has 0 unspecified atom stereocenters. The molecule has 3 heterocycles. The van der Waals surface area contributed by atoms with Crippen molar-refractivity contribution in [3.63, 3.8) is 0 Å². The van der Waals surface area contributed by atoms with Crippen molar-refractivity contribution in [3.8, 4) is 11.3 Å². The average molecular weight is 294 g/mol. The van der Waals surface area contributed by atoms with Crippen molar-refractivity contribution in [3.05, 3.63) is 47.7 Å². The van der Waals surface area contributed by atoms with Crippen molar-refractivity contribution in [2.24, 2.45) is 4.99 Å². The van der Waals surface area contributed by atoms with Gasteiger partial charge in [-0.15, -0.1) is 0 Å². The summed E-state index contributed by atoms with van der Waals surface area (Å²) in [4.78, 5) is 18.4. The van der Waals surface area contributed by atoms with E-state index in [0.29, 0.717) is 29.5 Å². The van der Waals surface area contributed by atoms with E-state index in [9.17, 15) is 4.79 Å². The van der Waals surface area contributed by atoms with Crippen molar-refractivity contribution in [1.29, 1.82) is 0 Å². The minimum Gasteiger partial charge on any atom is -0.356 e. The average Bonchev–Trinajstić information content (AvgIpc) is 3.18. The second-order valence-electron chi connectivity index (χ2n) is 5.23. The number of carbonyl (C=O) groups excluding carboxylic acids is 1. The van der Waals surface area contributed by atoms with Crippen LogP contribution in [-0.4, -0.2) is 41.6 Å². The zero-order valence-electron chi connectivity index (χ0n) is 11.8. The Kier molecular flexibility index (Phi) is 3.00. The molecule has 6 heteroatoms. The van der Waals surface area contributed by atoms with Crippen LogP contribution < -0.4 is 5.32 Å². The van der Waals surface area contributed by atoms with Crippen LogP contribution >= 0.6 is 0 Å². The predicted octanol–water partition coefficient (Wildman–Crippen LogP) is 1.53. The number of carbonyl (C=O) groups is 1. The molecule has 1 N–H and O–H groups in total. The second-order valence-corrected chi connectivity index (χ2v) is 5.23. The van der Waals surface area contributed by atoms with Crippen molar-refractivity contribution < 1.29 is 9.32 Å². The molecule has 0 atom stereocenters. The maximum absolute atomic E-state index is 12.1. The van der Waals surface area contributed by atoms with Crippen LogP contribution in [-0.2, 0) is 4.79 Å². The Hall–Kier alpha value is -2.89.